The summed E-state index contributed by atoms with van der Waals surface area (Å²) in [6.45, 7) is 18.3. The Labute approximate surface area is 489 Å². The lowest BCUT2D eigenvalue weighted by Gasteiger charge is -2.15. The molecule has 8 heterocycles. The van der Waals surface area contributed by atoms with Crippen molar-refractivity contribution in [3.8, 4) is 28.8 Å². The van der Waals surface area contributed by atoms with Gasteiger partial charge < -0.3 is 38.1 Å². The zero-order chi connectivity index (χ0) is 61.1. The van der Waals surface area contributed by atoms with Crippen LogP contribution in [-0.2, 0) is 64.4 Å². The number of carbonyl (C=O) groups excluding carboxylic acids is 2. The van der Waals surface area contributed by atoms with Crippen LogP contribution in [0.15, 0.2) is 82.5 Å². The van der Waals surface area contributed by atoms with Crippen LogP contribution < -0.4 is 10.6 Å². The topological polar surface area (TPSA) is 293 Å². The summed E-state index contributed by atoms with van der Waals surface area (Å²) >= 11 is 0. The number of aromatic nitrogens is 12. The van der Waals surface area contributed by atoms with Gasteiger partial charge in [0.25, 0.3) is 21.9 Å². The van der Waals surface area contributed by atoms with E-state index in [1.165, 1.54) is 36.8 Å². The SMILES string of the molecule is C[C@@H](NC(=O)c1cn(COCC[Si](C)(C)C)c2ncc(-c3nn(C)c4cc(F)ccc34)nc12)c1nc(CC#N)co1.C[C@@H](NC(=O)c1cn(COCC[Si](C)(C)C)c2ncc(-c3nn(C)c4cc(F)ccc34)nc12)c1nc(COS(C)(=O)=O)co1. The summed E-state index contributed by atoms with van der Waals surface area (Å²) in [5.41, 5.74) is 6.03. The standard InChI is InChI=1S/C28H31FN8O3Si.C28H34FN7O6SSi/c1-17(28-33-19(8-9-30)15-40-28)32-27(38)21-14-37(16-39-10-11-41(3,4)5)26-25(21)34-22(13-31-26)24-20-7-6-18(29)12-23(20)36(2)35-24;1-17(28-32-19(14-41-28)15-42-43(3,38)39)31-27(37)21-13-36(16-40-9-10-44(4,5)6)26-25(21)33-22(12-30-26)24-20-8-7-18(29)11-23(20)35(2)34-24/h6-7,12-15,17H,8,10-11,16H2,1-5H3,(H,32,38);7-8,11-14,17H,9-10,15-16H2,1-6H3,(H,31,37)/t2*17-/m11/s1. The molecule has 24 nitrogen and oxygen atoms in total. The number of nitriles is 1. The Morgan fingerprint density at radius 1 is 0.694 bits per heavy atom. The molecule has 0 saturated carbocycles. The summed E-state index contributed by atoms with van der Waals surface area (Å²) in [5.74, 6) is -1.14. The minimum Gasteiger partial charge on any atom is -0.446 e. The monoisotopic (exact) mass is 1220 g/mol. The van der Waals surface area contributed by atoms with Crippen LogP contribution in [0.3, 0.4) is 0 Å². The van der Waals surface area contributed by atoms with Crippen molar-refractivity contribution < 1.29 is 49.3 Å². The summed E-state index contributed by atoms with van der Waals surface area (Å²) in [6.07, 6.45) is 10.2. The van der Waals surface area contributed by atoms with Gasteiger partial charge in [-0.3, -0.25) is 23.1 Å². The molecule has 2 atom stereocenters. The van der Waals surface area contributed by atoms with E-state index in [9.17, 15) is 26.8 Å². The molecular weight excluding hydrogens is 1150 g/mol. The van der Waals surface area contributed by atoms with Crippen LogP contribution in [0.4, 0.5) is 8.78 Å². The molecule has 2 aromatic carbocycles. The van der Waals surface area contributed by atoms with Crippen molar-refractivity contribution in [1.82, 2.24) is 69.2 Å². The number of nitrogens with one attached hydrogen (secondary N) is 2. The second kappa shape index (κ2) is 25.0. The molecule has 10 aromatic rings. The molecule has 85 heavy (non-hydrogen) atoms. The van der Waals surface area contributed by atoms with E-state index in [1.54, 1.807) is 83.4 Å². The predicted octanol–water partition coefficient (Wildman–Crippen LogP) is 9.37. The average Bonchev–Trinajstić information content (AvgIpc) is 1.86. The summed E-state index contributed by atoms with van der Waals surface area (Å²) in [7, 11) is -2.79. The van der Waals surface area contributed by atoms with Crippen molar-refractivity contribution in [3.63, 3.8) is 0 Å². The Morgan fingerprint density at radius 2 is 1.13 bits per heavy atom. The van der Waals surface area contributed by atoms with Crippen molar-refractivity contribution in [2.45, 2.75) is 104 Å². The highest BCUT2D eigenvalue weighted by atomic mass is 32.2. The van der Waals surface area contributed by atoms with Crippen LogP contribution in [0, 0.1) is 23.0 Å². The molecule has 0 radical (unpaired) electrons. The molecule has 0 saturated heterocycles. The Morgan fingerprint density at radius 3 is 1.55 bits per heavy atom. The van der Waals surface area contributed by atoms with E-state index in [2.05, 4.69) is 80.0 Å². The number of hydrogen-bond acceptors (Lipinski definition) is 18. The predicted molar refractivity (Wildman–Crippen MR) is 316 cm³/mol. The molecule has 0 spiro atoms. The Kier molecular flexibility index (Phi) is 18.0. The third kappa shape index (κ3) is 14.8. The smallest absolute Gasteiger partial charge is 0.264 e. The number of rotatable bonds is 22. The highest BCUT2D eigenvalue weighted by Crippen LogP contribution is 2.32. The fourth-order valence-electron chi connectivity index (χ4n) is 8.89. The third-order valence-corrected chi connectivity index (χ3v) is 17.4. The number of amides is 2. The third-order valence-electron chi connectivity index (χ3n) is 13.4. The van der Waals surface area contributed by atoms with Crippen LogP contribution in [0.1, 0.15) is 69.8 Å². The second-order valence-corrected chi connectivity index (χ2v) is 35.8. The van der Waals surface area contributed by atoms with Gasteiger partial charge in [0, 0.05) is 66.6 Å². The molecule has 0 bridgehead atoms. The van der Waals surface area contributed by atoms with Crippen molar-refractivity contribution in [2.75, 3.05) is 19.5 Å². The lowest BCUT2D eigenvalue weighted by atomic mass is 10.1. The Bertz CT molecular complexity index is 4270. The minimum absolute atomic E-state index is 0.114. The lowest BCUT2D eigenvalue weighted by Crippen LogP contribution is -2.27. The van der Waals surface area contributed by atoms with Gasteiger partial charge in [-0.25, -0.2) is 38.7 Å². The summed E-state index contributed by atoms with van der Waals surface area (Å²) in [6, 6.07) is 11.6. The molecule has 10 rings (SSSR count). The number of carbonyl (C=O) groups is 2. The van der Waals surface area contributed by atoms with E-state index in [1.807, 2.05) is 6.07 Å². The average molecular weight is 1220 g/mol. The van der Waals surface area contributed by atoms with E-state index in [-0.39, 0.29) is 55.3 Å². The van der Waals surface area contributed by atoms with E-state index >= 15 is 0 Å². The molecule has 0 aliphatic carbocycles. The van der Waals surface area contributed by atoms with Gasteiger partial charge in [0.15, 0.2) is 11.3 Å². The molecular formula is C56H65F2N15O9SSi2. The van der Waals surface area contributed by atoms with Crippen molar-refractivity contribution >= 4 is 82.2 Å². The number of nitrogens with zero attached hydrogens (tertiary/aromatic N) is 13. The van der Waals surface area contributed by atoms with Gasteiger partial charge in [0.05, 0.1) is 59.0 Å². The number of benzene rings is 2. The van der Waals surface area contributed by atoms with E-state index < -0.39 is 50.2 Å². The largest absolute Gasteiger partial charge is 0.446 e. The van der Waals surface area contributed by atoms with E-state index in [0.717, 1.165) is 18.3 Å². The van der Waals surface area contributed by atoms with Crippen LogP contribution in [-0.4, -0.2) is 114 Å². The Balaban J connectivity index is 0.000000204. The summed E-state index contributed by atoms with van der Waals surface area (Å²) in [4.78, 5) is 54.6. The Hall–Kier alpha value is -8.41. The molecule has 2 N–H and O–H groups in total. The number of aryl methyl sites for hydroxylation is 2. The van der Waals surface area contributed by atoms with E-state index in [4.69, 9.17) is 37.7 Å². The first-order valence-corrected chi connectivity index (χ1v) is 36.3. The molecule has 446 valence electrons. The molecule has 29 heteroatoms. The number of hydrogen-bond donors (Lipinski definition) is 2. The molecule has 0 unspecified atom stereocenters. The van der Waals surface area contributed by atoms with Crippen LogP contribution in [0.25, 0.3) is 66.9 Å². The maximum atomic E-state index is 13.9. The first-order valence-electron chi connectivity index (χ1n) is 27.1. The van der Waals surface area contributed by atoms with Gasteiger partial charge in [-0.05, 0) is 62.3 Å². The second-order valence-electron chi connectivity index (χ2n) is 22.9. The summed E-state index contributed by atoms with van der Waals surface area (Å²) in [5, 5.41) is 25.2. The van der Waals surface area contributed by atoms with Crippen molar-refractivity contribution in [1.29, 1.82) is 5.26 Å². The maximum Gasteiger partial charge on any atom is 0.264 e. The van der Waals surface area contributed by atoms with Crippen molar-refractivity contribution in [2.24, 2.45) is 14.1 Å². The maximum absolute atomic E-state index is 13.9. The zero-order valence-electron chi connectivity index (χ0n) is 48.9. The molecule has 0 aliphatic rings. The number of ether oxygens (including phenoxy) is 2. The van der Waals surface area contributed by atoms with Crippen molar-refractivity contribution in [3.05, 3.63) is 120 Å². The van der Waals surface area contributed by atoms with Gasteiger partial charge in [-0.2, -0.15) is 23.9 Å². The number of halogens is 2. The van der Waals surface area contributed by atoms with Crippen LogP contribution >= 0.6 is 0 Å². The number of fused-ring (bicyclic) bond motifs is 4. The van der Waals surface area contributed by atoms with Gasteiger partial charge in [0.1, 0.15) is 95.8 Å². The van der Waals surface area contributed by atoms with Crippen LogP contribution in [0.5, 0.6) is 0 Å². The highest BCUT2D eigenvalue weighted by Gasteiger charge is 2.27. The first kappa shape index (κ1) is 61.2. The lowest BCUT2D eigenvalue weighted by molar-refractivity contribution is 0.0884. The van der Waals surface area contributed by atoms with Gasteiger partial charge in [-0.1, -0.05) is 39.3 Å². The number of oxazole rings is 2. The molecule has 0 fully saturated rings. The van der Waals surface area contributed by atoms with E-state index in [0.29, 0.717) is 97.3 Å². The first-order chi connectivity index (χ1) is 40.2. The fourth-order valence-corrected chi connectivity index (χ4v) is 10.7. The van der Waals surface area contributed by atoms with Gasteiger partial charge in [-0.15, -0.1) is 0 Å². The van der Waals surface area contributed by atoms with Gasteiger partial charge >= 0.3 is 0 Å². The molecule has 8 aromatic heterocycles. The zero-order valence-corrected chi connectivity index (χ0v) is 51.7. The minimum atomic E-state index is -3.66. The fraction of sp³-hybridized carbons (Fsp3) is 0.375. The highest BCUT2D eigenvalue weighted by molar-refractivity contribution is 7.85. The molecule has 2 amide bonds. The quantitative estimate of drug-likeness (QED) is 0.0363. The molecule has 0 aliphatic heterocycles. The normalized spacial score (nSPS) is 12.9. The van der Waals surface area contributed by atoms with Gasteiger partial charge in [0.2, 0.25) is 11.8 Å². The van der Waals surface area contributed by atoms with Crippen LogP contribution in [0.2, 0.25) is 51.4 Å². The summed E-state index contributed by atoms with van der Waals surface area (Å²) < 4.78 is 84.6.